The Hall–Kier alpha value is -1.99. The van der Waals surface area contributed by atoms with Crippen LogP contribution in [-0.4, -0.2) is 24.8 Å². The molecule has 0 bridgehead atoms. The molecule has 0 aliphatic heterocycles. The molecule has 0 aliphatic carbocycles. The van der Waals surface area contributed by atoms with Crippen molar-refractivity contribution in [2.24, 2.45) is 0 Å². The zero-order valence-electron chi connectivity index (χ0n) is 9.77. The van der Waals surface area contributed by atoms with E-state index in [1.54, 1.807) is 31.2 Å². The van der Waals surface area contributed by atoms with Gasteiger partial charge in [0, 0.05) is 11.5 Å². The number of hydrogen-bond donors (Lipinski definition) is 1. The summed E-state index contributed by atoms with van der Waals surface area (Å²) in [5.41, 5.74) is 0.520. The summed E-state index contributed by atoms with van der Waals surface area (Å²) >= 11 is 0. The second-order valence-corrected chi connectivity index (χ2v) is 3.13. The Balaban J connectivity index is 2.82. The highest BCUT2D eigenvalue weighted by Crippen LogP contribution is 2.23. The minimum absolute atomic E-state index is 0.262. The molecule has 1 aromatic carbocycles. The number of rotatable bonds is 3. The van der Waals surface area contributed by atoms with E-state index in [0.717, 1.165) is 0 Å². The van der Waals surface area contributed by atoms with Gasteiger partial charge >= 0.3 is 5.97 Å². The Morgan fingerprint density at radius 3 is 2.82 bits per heavy atom. The van der Waals surface area contributed by atoms with Crippen molar-refractivity contribution in [1.82, 2.24) is 0 Å². The van der Waals surface area contributed by atoms with Gasteiger partial charge in [0.25, 0.3) is 0 Å². The summed E-state index contributed by atoms with van der Waals surface area (Å²) in [6.07, 6.45) is -1.07. The SMILES string of the molecule is CCOC(=O)C#C[C@@H](O)c1ccccc1OC. The van der Waals surface area contributed by atoms with Crippen molar-refractivity contribution < 1.29 is 19.4 Å². The Labute approximate surface area is 100 Å². The number of esters is 1. The molecule has 0 saturated carbocycles. The molecule has 0 unspecified atom stereocenters. The molecule has 0 fully saturated rings. The van der Waals surface area contributed by atoms with Crippen LogP contribution in [0.4, 0.5) is 0 Å². The summed E-state index contributed by atoms with van der Waals surface area (Å²) in [4.78, 5) is 11.0. The maximum absolute atomic E-state index is 11.0. The number of hydrogen-bond acceptors (Lipinski definition) is 4. The summed E-state index contributed by atoms with van der Waals surface area (Å²) in [6.45, 7) is 1.95. The van der Waals surface area contributed by atoms with E-state index in [2.05, 4.69) is 16.6 Å². The first-order valence-electron chi connectivity index (χ1n) is 5.18. The molecule has 0 amide bonds. The Kier molecular flexibility index (Phi) is 5.05. The topological polar surface area (TPSA) is 55.8 Å². The molecule has 1 atom stereocenters. The van der Waals surface area contributed by atoms with Crippen LogP contribution in [0.2, 0.25) is 0 Å². The summed E-state index contributed by atoms with van der Waals surface area (Å²) in [6, 6.07) is 6.94. The van der Waals surface area contributed by atoms with Crippen LogP contribution >= 0.6 is 0 Å². The van der Waals surface area contributed by atoms with Gasteiger partial charge < -0.3 is 14.6 Å². The van der Waals surface area contributed by atoms with Gasteiger partial charge in [0.05, 0.1) is 13.7 Å². The van der Waals surface area contributed by atoms with Crippen molar-refractivity contribution >= 4 is 5.97 Å². The highest BCUT2D eigenvalue weighted by atomic mass is 16.5. The van der Waals surface area contributed by atoms with Crippen LogP contribution in [0.25, 0.3) is 0 Å². The molecule has 0 aromatic heterocycles. The molecule has 0 aliphatic rings. The van der Waals surface area contributed by atoms with Gasteiger partial charge in [-0.1, -0.05) is 24.1 Å². The molecule has 4 nitrogen and oxygen atoms in total. The molecular formula is C13H14O4. The number of carbonyl (C=O) groups excluding carboxylic acids is 1. The number of para-hydroxylation sites is 1. The monoisotopic (exact) mass is 234 g/mol. The van der Waals surface area contributed by atoms with Crippen molar-refractivity contribution in [3.63, 3.8) is 0 Å². The zero-order chi connectivity index (χ0) is 12.7. The fraction of sp³-hybridized carbons (Fsp3) is 0.308. The first-order valence-corrected chi connectivity index (χ1v) is 5.18. The zero-order valence-corrected chi connectivity index (χ0v) is 9.77. The molecule has 4 heteroatoms. The number of benzene rings is 1. The molecule has 1 aromatic rings. The van der Waals surface area contributed by atoms with E-state index < -0.39 is 12.1 Å². The van der Waals surface area contributed by atoms with E-state index in [4.69, 9.17) is 4.74 Å². The van der Waals surface area contributed by atoms with Gasteiger partial charge in [-0.15, -0.1) is 0 Å². The molecule has 90 valence electrons. The Morgan fingerprint density at radius 1 is 1.47 bits per heavy atom. The van der Waals surface area contributed by atoms with Gasteiger partial charge in [-0.2, -0.15) is 0 Å². The van der Waals surface area contributed by atoms with Gasteiger partial charge in [0.2, 0.25) is 0 Å². The lowest BCUT2D eigenvalue weighted by molar-refractivity contribution is -0.136. The van der Waals surface area contributed by atoms with E-state index >= 15 is 0 Å². The minimum Gasteiger partial charge on any atom is -0.496 e. The van der Waals surface area contributed by atoms with E-state index in [9.17, 15) is 9.90 Å². The van der Waals surface area contributed by atoms with E-state index in [-0.39, 0.29) is 6.61 Å². The van der Waals surface area contributed by atoms with Crippen molar-refractivity contribution in [3.05, 3.63) is 29.8 Å². The lowest BCUT2D eigenvalue weighted by Gasteiger charge is -2.09. The highest BCUT2D eigenvalue weighted by Gasteiger charge is 2.09. The van der Waals surface area contributed by atoms with Crippen LogP contribution in [0.3, 0.4) is 0 Å². The van der Waals surface area contributed by atoms with Gasteiger partial charge in [-0.05, 0) is 13.0 Å². The van der Waals surface area contributed by atoms with Gasteiger partial charge in [-0.25, -0.2) is 4.79 Å². The van der Waals surface area contributed by atoms with E-state index in [0.29, 0.717) is 11.3 Å². The highest BCUT2D eigenvalue weighted by molar-refractivity contribution is 5.88. The Morgan fingerprint density at radius 2 is 2.18 bits per heavy atom. The molecular weight excluding hydrogens is 220 g/mol. The van der Waals surface area contributed by atoms with E-state index in [1.165, 1.54) is 7.11 Å². The maximum Gasteiger partial charge on any atom is 0.384 e. The Bertz CT molecular complexity index is 442. The molecule has 0 saturated heterocycles. The third-order valence-corrected chi connectivity index (χ3v) is 2.02. The summed E-state index contributed by atoms with van der Waals surface area (Å²) in [7, 11) is 1.50. The summed E-state index contributed by atoms with van der Waals surface area (Å²) in [5, 5.41) is 9.79. The van der Waals surface area contributed by atoms with Crippen molar-refractivity contribution in [2.75, 3.05) is 13.7 Å². The first-order chi connectivity index (χ1) is 8.19. The lowest BCUT2D eigenvalue weighted by Crippen LogP contribution is -2.02. The normalized spacial score (nSPS) is 11.0. The van der Waals surface area contributed by atoms with Crippen molar-refractivity contribution in [1.29, 1.82) is 0 Å². The number of aliphatic hydroxyl groups is 1. The van der Waals surface area contributed by atoms with Crippen LogP contribution in [0.5, 0.6) is 5.75 Å². The largest absolute Gasteiger partial charge is 0.496 e. The molecule has 1 rings (SSSR count). The number of methoxy groups -OCH3 is 1. The van der Waals surface area contributed by atoms with Gasteiger partial charge in [-0.3, -0.25) is 0 Å². The van der Waals surface area contributed by atoms with Crippen LogP contribution in [0.15, 0.2) is 24.3 Å². The fourth-order valence-corrected chi connectivity index (χ4v) is 1.26. The lowest BCUT2D eigenvalue weighted by atomic mass is 10.1. The quantitative estimate of drug-likeness (QED) is 0.486. The van der Waals surface area contributed by atoms with Crippen LogP contribution in [-0.2, 0) is 9.53 Å². The van der Waals surface area contributed by atoms with Gasteiger partial charge in [0.15, 0.2) is 0 Å². The van der Waals surface area contributed by atoms with Crippen LogP contribution in [0, 0.1) is 11.8 Å². The van der Waals surface area contributed by atoms with Crippen LogP contribution in [0.1, 0.15) is 18.6 Å². The number of ether oxygens (including phenoxy) is 2. The number of carbonyl (C=O) groups is 1. The molecule has 17 heavy (non-hydrogen) atoms. The fourth-order valence-electron chi connectivity index (χ4n) is 1.26. The third-order valence-electron chi connectivity index (χ3n) is 2.02. The van der Waals surface area contributed by atoms with Crippen molar-refractivity contribution in [2.45, 2.75) is 13.0 Å². The second-order valence-electron chi connectivity index (χ2n) is 3.13. The van der Waals surface area contributed by atoms with E-state index in [1.807, 2.05) is 0 Å². The number of aliphatic hydroxyl groups excluding tert-OH is 1. The average Bonchev–Trinajstić information content (AvgIpc) is 2.36. The minimum atomic E-state index is -1.07. The third kappa shape index (κ3) is 3.82. The molecule has 0 heterocycles. The summed E-state index contributed by atoms with van der Waals surface area (Å²) < 4.78 is 9.71. The molecule has 0 radical (unpaired) electrons. The predicted molar refractivity (Wildman–Crippen MR) is 62.4 cm³/mol. The first kappa shape index (κ1) is 13.1. The smallest absolute Gasteiger partial charge is 0.384 e. The maximum atomic E-state index is 11.0. The standard InChI is InChI=1S/C13H14O4/c1-3-17-13(15)9-8-11(14)10-6-4-5-7-12(10)16-2/h4-7,11,14H,3H2,1-2H3/t11-/m1/s1. The van der Waals surface area contributed by atoms with Crippen molar-refractivity contribution in [3.8, 4) is 17.6 Å². The van der Waals surface area contributed by atoms with Crippen LogP contribution < -0.4 is 4.74 Å². The second kappa shape index (κ2) is 6.56. The summed E-state index contributed by atoms with van der Waals surface area (Å²) in [5.74, 6) is 4.50. The predicted octanol–water partition coefficient (Wildman–Crippen LogP) is 1.30. The average molecular weight is 234 g/mol. The molecule has 1 N–H and O–H groups in total. The molecule has 0 spiro atoms. The van der Waals surface area contributed by atoms with Gasteiger partial charge in [0.1, 0.15) is 11.9 Å².